The zero-order chi connectivity index (χ0) is 17.9. The van der Waals surface area contributed by atoms with Crippen molar-refractivity contribution in [3.05, 3.63) is 11.6 Å². The third-order valence-electron chi connectivity index (χ3n) is 4.12. The molecule has 3 heterocycles. The van der Waals surface area contributed by atoms with E-state index in [4.69, 9.17) is 23.7 Å². The Morgan fingerprint density at radius 2 is 1.54 bits per heavy atom. The third-order valence-corrected chi connectivity index (χ3v) is 5.04. The van der Waals surface area contributed by atoms with E-state index in [0.717, 1.165) is 56.4 Å². The molecular weight excluding hydrogens is 358 g/mol. The number of hydrogen-bond acceptors (Lipinski definition) is 8. The maximum absolute atomic E-state index is 5.86. The Balaban J connectivity index is 1.58. The van der Waals surface area contributed by atoms with Gasteiger partial charge in [0.15, 0.2) is 17.9 Å². The molecule has 1 atom stereocenters. The maximum Gasteiger partial charge on any atom is 0.176 e. The second-order valence-corrected chi connectivity index (χ2v) is 7.38. The van der Waals surface area contributed by atoms with Crippen LogP contribution < -0.4 is 0 Å². The van der Waals surface area contributed by atoms with Crippen LogP contribution in [0.25, 0.3) is 0 Å². The van der Waals surface area contributed by atoms with Gasteiger partial charge in [0, 0.05) is 18.1 Å². The Bertz CT molecular complexity index is 511. The average molecular weight is 388 g/mol. The van der Waals surface area contributed by atoms with Crippen molar-refractivity contribution in [2.24, 2.45) is 0 Å². The summed E-state index contributed by atoms with van der Waals surface area (Å²) in [5, 5.41) is 4.59. The first-order valence-electron chi connectivity index (χ1n) is 9.38. The highest BCUT2D eigenvalue weighted by Gasteiger charge is 2.21. The summed E-state index contributed by atoms with van der Waals surface area (Å²) >= 11 is 1.83. The molecule has 9 heteroatoms. The number of fused-ring (bicyclic) bond motifs is 2. The number of rotatable bonds is 1. The minimum atomic E-state index is -0.0608. The summed E-state index contributed by atoms with van der Waals surface area (Å²) in [6.45, 7) is 5.23. The van der Waals surface area contributed by atoms with E-state index in [1.165, 1.54) is 0 Å². The first-order valence-corrected chi connectivity index (χ1v) is 10.5. The van der Waals surface area contributed by atoms with Crippen LogP contribution in [0.3, 0.4) is 0 Å². The molecule has 26 heavy (non-hydrogen) atoms. The molecule has 0 amide bonds. The zero-order valence-corrected chi connectivity index (χ0v) is 16.1. The molecule has 0 radical (unpaired) electrons. The second kappa shape index (κ2) is 11.9. The zero-order valence-electron chi connectivity index (χ0n) is 15.3. The summed E-state index contributed by atoms with van der Waals surface area (Å²) in [7, 11) is 0. The molecule has 0 spiro atoms. The lowest BCUT2D eigenvalue weighted by atomic mass is 10.2. The van der Waals surface area contributed by atoms with E-state index >= 15 is 0 Å². The van der Waals surface area contributed by atoms with Crippen LogP contribution >= 0.6 is 11.8 Å². The quantitative estimate of drug-likeness (QED) is 0.722. The van der Waals surface area contributed by atoms with Crippen LogP contribution in [-0.2, 0) is 36.9 Å². The Morgan fingerprint density at radius 3 is 2.27 bits per heavy atom. The third kappa shape index (κ3) is 6.79. The smallest absolute Gasteiger partial charge is 0.176 e. The van der Waals surface area contributed by atoms with Gasteiger partial charge in [-0.25, -0.2) is 9.67 Å². The van der Waals surface area contributed by atoms with Gasteiger partial charge < -0.3 is 23.7 Å². The molecule has 2 bridgehead atoms. The summed E-state index contributed by atoms with van der Waals surface area (Å²) in [5.74, 6) is 3.38. The van der Waals surface area contributed by atoms with Crippen molar-refractivity contribution in [1.29, 1.82) is 0 Å². The molecular formula is C17H29N3O5S. The van der Waals surface area contributed by atoms with E-state index in [2.05, 4.69) is 10.1 Å². The highest BCUT2D eigenvalue weighted by atomic mass is 32.2. The lowest BCUT2D eigenvalue weighted by molar-refractivity contribution is -0.0457. The monoisotopic (exact) mass is 387 g/mol. The van der Waals surface area contributed by atoms with E-state index in [1.807, 2.05) is 16.4 Å². The first kappa shape index (κ1) is 20.0. The fraction of sp³-hybridized carbons (Fsp3) is 0.882. The van der Waals surface area contributed by atoms with Crippen molar-refractivity contribution < 1.29 is 23.7 Å². The van der Waals surface area contributed by atoms with Crippen molar-refractivity contribution in [2.75, 3.05) is 57.8 Å². The normalized spacial score (nSPS) is 25.3. The van der Waals surface area contributed by atoms with Gasteiger partial charge >= 0.3 is 0 Å². The largest absolute Gasteiger partial charge is 0.378 e. The first-order chi connectivity index (χ1) is 12.9. The lowest BCUT2D eigenvalue weighted by Gasteiger charge is -2.23. The molecule has 3 rings (SSSR count). The van der Waals surface area contributed by atoms with Crippen molar-refractivity contribution in [1.82, 2.24) is 14.8 Å². The number of hydrogen-bond donors (Lipinski definition) is 0. The van der Waals surface area contributed by atoms with Gasteiger partial charge in [-0.2, -0.15) is 16.9 Å². The Hall–Kier alpha value is -0.710. The van der Waals surface area contributed by atoms with Crippen LogP contribution in [0.4, 0.5) is 0 Å². The molecule has 1 saturated heterocycles. The van der Waals surface area contributed by atoms with Gasteiger partial charge in [-0.3, -0.25) is 0 Å². The minimum Gasteiger partial charge on any atom is -0.378 e. The van der Waals surface area contributed by atoms with E-state index < -0.39 is 0 Å². The van der Waals surface area contributed by atoms with Crippen molar-refractivity contribution in [3.63, 3.8) is 0 Å². The van der Waals surface area contributed by atoms with E-state index in [-0.39, 0.29) is 6.23 Å². The highest BCUT2D eigenvalue weighted by molar-refractivity contribution is 7.99. The molecule has 0 aromatic carbocycles. The molecule has 2 aliphatic rings. The molecule has 1 aromatic heterocycles. The highest BCUT2D eigenvalue weighted by Crippen LogP contribution is 2.23. The predicted molar refractivity (Wildman–Crippen MR) is 97.1 cm³/mol. The number of aromatic nitrogens is 3. The fourth-order valence-corrected chi connectivity index (χ4v) is 3.49. The number of ether oxygens (including phenoxy) is 5. The van der Waals surface area contributed by atoms with Gasteiger partial charge in [-0.15, -0.1) is 0 Å². The second-order valence-electron chi connectivity index (χ2n) is 6.15. The van der Waals surface area contributed by atoms with Crippen LogP contribution in [0.15, 0.2) is 0 Å². The molecule has 1 fully saturated rings. The fourth-order valence-electron chi connectivity index (χ4n) is 2.82. The van der Waals surface area contributed by atoms with Crippen LogP contribution in [0.5, 0.6) is 0 Å². The van der Waals surface area contributed by atoms with Crippen molar-refractivity contribution in [2.45, 2.75) is 38.7 Å². The lowest BCUT2D eigenvalue weighted by Crippen LogP contribution is -2.22. The molecule has 0 N–H and O–H groups in total. The summed E-state index contributed by atoms with van der Waals surface area (Å²) < 4.78 is 30.3. The summed E-state index contributed by atoms with van der Waals surface area (Å²) in [4.78, 5) is 4.59. The molecule has 0 saturated carbocycles. The number of nitrogens with zero attached hydrogens (tertiary/aromatic N) is 3. The Morgan fingerprint density at radius 1 is 0.808 bits per heavy atom. The van der Waals surface area contributed by atoms with Crippen molar-refractivity contribution in [3.8, 4) is 0 Å². The van der Waals surface area contributed by atoms with Gasteiger partial charge in [-0.1, -0.05) is 0 Å². The van der Waals surface area contributed by atoms with E-state index in [0.29, 0.717) is 45.5 Å². The van der Waals surface area contributed by atoms with Crippen LogP contribution in [0, 0.1) is 0 Å². The predicted octanol–water partition coefficient (Wildman–Crippen LogP) is 1.79. The topological polar surface area (TPSA) is 76.9 Å². The van der Waals surface area contributed by atoms with Crippen molar-refractivity contribution >= 4 is 11.8 Å². The molecule has 1 aromatic rings. The Kier molecular flexibility index (Phi) is 9.16. The minimum absolute atomic E-state index is 0.0608. The molecule has 1 unspecified atom stereocenters. The molecule has 2 aliphatic heterocycles. The maximum atomic E-state index is 5.86. The van der Waals surface area contributed by atoms with Gasteiger partial charge in [0.2, 0.25) is 0 Å². The summed E-state index contributed by atoms with van der Waals surface area (Å²) in [5.41, 5.74) is 0. The molecule has 8 nitrogen and oxygen atoms in total. The SMILES string of the molecule is C1CCC(n2nc3nc2COCCOCCSCCOCCOC3)OC1. The van der Waals surface area contributed by atoms with Gasteiger partial charge in [-0.05, 0) is 19.3 Å². The van der Waals surface area contributed by atoms with Gasteiger partial charge in [0.1, 0.15) is 13.2 Å². The Labute approximate surface area is 158 Å². The van der Waals surface area contributed by atoms with Crippen LogP contribution in [0.1, 0.15) is 37.1 Å². The van der Waals surface area contributed by atoms with Gasteiger partial charge in [0.25, 0.3) is 0 Å². The molecule has 148 valence electrons. The average Bonchev–Trinajstić information content (AvgIpc) is 3.08. The van der Waals surface area contributed by atoms with E-state index in [9.17, 15) is 0 Å². The molecule has 0 aliphatic carbocycles. The van der Waals surface area contributed by atoms with E-state index in [1.54, 1.807) is 0 Å². The summed E-state index contributed by atoms with van der Waals surface area (Å²) in [6, 6.07) is 0. The number of thioether (sulfide) groups is 1. The van der Waals surface area contributed by atoms with Crippen LogP contribution in [0.2, 0.25) is 0 Å². The standard InChI is InChI=1S/C17H29N3O5S/c1-2-4-25-17(3-1)20-16-14-24-8-6-22-10-12-26-11-9-21-5-7-23-13-15(18-16)19-20/h17H,1-14H2. The summed E-state index contributed by atoms with van der Waals surface area (Å²) in [6.07, 6.45) is 3.13. The van der Waals surface area contributed by atoms with Crippen LogP contribution in [-0.4, -0.2) is 72.5 Å². The van der Waals surface area contributed by atoms with Gasteiger partial charge in [0.05, 0.1) is 39.6 Å².